The van der Waals surface area contributed by atoms with E-state index in [-0.39, 0.29) is 18.2 Å². The summed E-state index contributed by atoms with van der Waals surface area (Å²) in [6, 6.07) is 7.70. The number of carbonyl (C=O) groups is 2. The standard InChI is InChI=1S/C17H26N2O3/c1-13(2)11-19(17(21)6-4-5-16(18)20)12-14-7-9-15(22-3)10-8-14/h7-10,13H,4-6,11-12H2,1-3H3,(H2,18,20). The molecule has 0 saturated carbocycles. The average Bonchev–Trinajstić information content (AvgIpc) is 2.46. The van der Waals surface area contributed by atoms with Crippen molar-refractivity contribution in [1.29, 1.82) is 0 Å². The molecule has 0 unspecified atom stereocenters. The number of rotatable bonds is 9. The summed E-state index contributed by atoms with van der Waals surface area (Å²) in [5.74, 6) is 0.884. The Morgan fingerprint density at radius 2 is 1.82 bits per heavy atom. The summed E-state index contributed by atoms with van der Waals surface area (Å²) in [6.45, 7) is 5.43. The van der Waals surface area contributed by atoms with Crippen LogP contribution in [0.2, 0.25) is 0 Å². The Bertz CT molecular complexity index is 483. The lowest BCUT2D eigenvalue weighted by Crippen LogP contribution is -2.33. The fourth-order valence-corrected chi connectivity index (χ4v) is 2.22. The molecule has 0 aliphatic carbocycles. The zero-order valence-electron chi connectivity index (χ0n) is 13.7. The third kappa shape index (κ3) is 6.61. The second-order valence-electron chi connectivity index (χ2n) is 5.84. The van der Waals surface area contributed by atoms with Gasteiger partial charge in [0, 0.05) is 25.9 Å². The number of ether oxygens (including phenoxy) is 1. The number of methoxy groups -OCH3 is 1. The van der Waals surface area contributed by atoms with Gasteiger partial charge in [-0.15, -0.1) is 0 Å². The highest BCUT2D eigenvalue weighted by Crippen LogP contribution is 2.15. The first-order valence-corrected chi connectivity index (χ1v) is 7.61. The molecule has 0 heterocycles. The van der Waals surface area contributed by atoms with Gasteiger partial charge in [-0.05, 0) is 30.0 Å². The van der Waals surface area contributed by atoms with E-state index in [4.69, 9.17) is 10.5 Å². The molecule has 5 nitrogen and oxygen atoms in total. The molecule has 5 heteroatoms. The molecule has 0 bridgehead atoms. The van der Waals surface area contributed by atoms with E-state index in [1.54, 1.807) is 7.11 Å². The summed E-state index contributed by atoms with van der Waals surface area (Å²) in [6.07, 6.45) is 1.11. The summed E-state index contributed by atoms with van der Waals surface area (Å²) in [5.41, 5.74) is 6.17. The molecule has 1 aromatic rings. The van der Waals surface area contributed by atoms with Gasteiger partial charge in [0.25, 0.3) is 0 Å². The maximum atomic E-state index is 12.3. The Balaban J connectivity index is 2.65. The smallest absolute Gasteiger partial charge is 0.222 e. The van der Waals surface area contributed by atoms with Gasteiger partial charge in [0.1, 0.15) is 5.75 Å². The third-order valence-electron chi connectivity index (χ3n) is 3.28. The van der Waals surface area contributed by atoms with Crippen molar-refractivity contribution in [2.45, 2.75) is 39.7 Å². The van der Waals surface area contributed by atoms with E-state index in [0.29, 0.717) is 31.8 Å². The van der Waals surface area contributed by atoms with E-state index in [0.717, 1.165) is 11.3 Å². The SMILES string of the molecule is COc1ccc(CN(CC(C)C)C(=O)CCCC(N)=O)cc1. The minimum absolute atomic E-state index is 0.0609. The number of nitrogens with zero attached hydrogens (tertiary/aromatic N) is 1. The first-order valence-electron chi connectivity index (χ1n) is 7.61. The molecule has 122 valence electrons. The van der Waals surface area contributed by atoms with Crippen molar-refractivity contribution in [3.63, 3.8) is 0 Å². The fraction of sp³-hybridized carbons (Fsp3) is 0.529. The van der Waals surface area contributed by atoms with Gasteiger partial charge in [-0.3, -0.25) is 9.59 Å². The van der Waals surface area contributed by atoms with E-state index in [1.165, 1.54) is 0 Å². The van der Waals surface area contributed by atoms with Crippen LogP contribution in [-0.2, 0) is 16.1 Å². The summed E-state index contributed by atoms with van der Waals surface area (Å²) in [4.78, 5) is 24.9. The fourth-order valence-electron chi connectivity index (χ4n) is 2.22. The van der Waals surface area contributed by atoms with Crippen molar-refractivity contribution in [1.82, 2.24) is 4.90 Å². The highest BCUT2D eigenvalue weighted by molar-refractivity contribution is 5.78. The molecule has 1 aromatic carbocycles. The van der Waals surface area contributed by atoms with E-state index in [1.807, 2.05) is 29.2 Å². The quantitative estimate of drug-likeness (QED) is 0.761. The lowest BCUT2D eigenvalue weighted by Gasteiger charge is -2.25. The summed E-state index contributed by atoms with van der Waals surface area (Å²) >= 11 is 0. The Morgan fingerprint density at radius 3 is 2.32 bits per heavy atom. The predicted molar refractivity (Wildman–Crippen MR) is 86.3 cm³/mol. The van der Waals surface area contributed by atoms with Gasteiger partial charge in [-0.2, -0.15) is 0 Å². The van der Waals surface area contributed by atoms with Crippen LogP contribution in [0.15, 0.2) is 24.3 Å². The number of primary amides is 1. The predicted octanol–water partition coefficient (Wildman–Crippen LogP) is 2.34. The van der Waals surface area contributed by atoms with Crippen LogP contribution in [0.3, 0.4) is 0 Å². The number of nitrogens with two attached hydrogens (primary N) is 1. The molecule has 2 N–H and O–H groups in total. The van der Waals surface area contributed by atoms with E-state index in [2.05, 4.69) is 13.8 Å². The van der Waals surface area contributed by atoms with Crippen molar-refractivity contribution in [2.75, 3.05) is 13.7 Å². The molecular formula is C17H26N2O3. The van der Waals surface area contributed by atoms with Gasteiger partial charge in [0.05, 0.1) is 7.11 Å². The Hall–Kier alpha value is -2.04. The molecule has 0 fully saturated rings. The van der Waals surface area contributed by atoms with Gasteiger partial charge in [-0.25, -0.2) is 0 Å². The molecule has 0 aromatic heterocycles. The molecule has 0 radical (unpaired) electrons. The Labute approximate surface area is 132 Å². The number of carbonyl (C=O) groups excluding carboxylic acids is 2. The van der Waals surface area contributed by atoms with Crippen LogP contribution in [0, 0.1) is 5.92 Å². The lowest BCUT2D eigenvalue weighted by molar-refractivity contribution is -0.132. The molecule has 0 spiro atoms. The largest absolute Gasteiger partial charge is 0.497 e. The van der Waals surface area contributed by atoms with Crippen LogP contribution in [0.25, 0.3) is 0 Å². The zero-order chi connectivity index (χ0) is 16.5. The topological polar surface area (TPSA) is 72.6 Å². The first-order chi connectivity index (χ1) is 10.4. The summed E-state index contributed by atoms with van der Waals surface area (Å²) in [7, 11) is 1.63. The van der Waals surface area contributed by atoms with Gasteiger partial charge in [0.2, 0.25) is 11.8 Å². The number of benzene rings is 1. The van der Waals surface area contributed by atoms with Crippen molar-refractivity contribution in [3.8, 4) is 5.75 Å². The van der Waals surface area contributed by atoms with Crippen molar-refractivity contribution < 1.29 is 14.3 Å². The highest BCUT2D eigenvalue weighted by Gasteiger charge is 2.15. The molecule has 1 rings (SSSR count). The van der Waals surface area contributed by atoms with Gasteiger partial charge in [-0.1, -0.05) is 26.0 Å². The van der Waals surface area contributed by atoms with Crippen LogP contribution in [-0.4, -0.2) is 30.4 Å². The summed E-state index contributed by atoms with van der Waals surface area (Å²) in [5, 5.41) is 0. The normalized spacial score (nSPS) is 10.5. The number of hydrogen-bond donors (Lipinski definition) is 1. The summed E-state index contributed by atoms with van der Waals surface area (Å²) < 4.78 is 5.14. The first kappa shape index (κ1) is 18.0. The van der Waals surface area contributed by atoms with E-state index < -0.39 is 0 Å². The Kier molecular flexibility index (Phi) is 7.43. The molecule has 0 aliphatic heterocycles. The van der Waals surface area contributed by atoms with Gasteiger partial charge in [0.15, 0.2) is 0 Å². The van der Waals surface area contributed by atoms with Gasteiger partial charge >= 0.3 is 0 Å². The second-order valence-corrected chi connectivity index (χ2v) is 5.84. The maximum absolute atomic E-state index is 12.3. The minimum atomic E-state index is -0.363. The monoisotopic (exact) mass is 306 g/mol. The van der Waals surface area contributed by atoms with Crippen molar-refractivity contribution >= 4 is 11.8 Å². The Morgan fingerprint density at radius 1 is 1.18 bits per heavy atom. The second kappa shape index (κ2) is 9.07. The molecule has 2 amide bonds. The maximum Gasteiger partial charge on any atom is 0.222 e. The van der Waals surface area contributed by atoms with E-state index >= 15 is 0 Å². The molecule has 0 atom stereocenters. The van der Waals surface area contributed by atoms with E-state index in [9.17, 15) is 9.59 Å². The van der Waals surface area contributed by atoms with Crippen LogP contribution in [0.1, 0.15) is 38.7 Å². The average molecular weight is 306 g/mol. The minimum Gasteiger partial charge on any atom is -0.497 e. The van der Waals surface area contributed by atoms with Crippen LogP contribution >= 0.6 is 0 Å². The molecular weight excluding hydrogens is 280 g/mol. The van der Waals surface area contributed by atoms with Crippen LogP contribution in [0.4, 0.5) is 0 Å². The number of amides is 2. The lowest BCUT2D eigenvalue weighted by atomic mass is 10.1. The molecule has 0 saturated heterocycles. The van der Waals surface area contributed by atoms with Crippen molar-refractivity contribution in [2.24, 2.45) is 11.7 Å². The molecule has 0 aliphatic rings. The zero-order valence-corrected chi connectivity index (χ0v) is 13.7. The highest BCUT2D eigenvalue weighted by atomic mass is 16.5. The third-order valence-corrected chi connectivity index (χ3v) is 3.28. The molecule has 22 heavy (non-hydrogen) atoms. The van der Waals surface area contributed by atoms with Gasteiger partial charge < -0.3 is 15.4 Å². The van der Waals surface area contributed by atoms with Crippen LogP contribution in [0.5, 0.6) is 5.75 Å². The van der Waals surface area contributed by atoms with Crippen LogP contribution < -0.4 is 10.5 Å². The number of hydrogen-bond acceptors (Lipinski definition) is 3. The van der Waals surface area contributed by atoms with Crippen molar-refractivity contribution in [3.05, 3.63) is 29.8 Å².